The SMILES string of the molecule is CC(C)C(NC(=O)OCc1ccccc1)C(=O)CC1Cc2nccn2CNC(=O)C1=O. The lowest BCUT2D eigenvalue weighted by Gasteiger charge is -2.24. The summed E-state index contributed by atoms with van der Waals surface area (Å²) in [7, 11) is 0. The molecular weight excluding hydrogens is 400 g/mol. The van der Waals surface area contributed by atoms with Gasteiger partial charge in [-0.1, -0.05) is 44.2 Å². The lowest BCUT2D eigenvalue weighted by atomic mass is 9.87. The third-order valence-electron chi connectivity index (χ3n) is 5.18. The fourth-order valence-corrected chi connectivity index (χ4v) is 3.46. The molecule has 0 fully saturated rings. The van der Waals surface area contributed by atoms with E-state index in [1.165, 1.54) is 0 Å². The van der Waals surface area contributed by atoms with Crippen molar-refractivity contribution in [1.82, 2.24) is 20.2 Å². The third kappa shape index (κ3) is 5.78. The molecule has 31 heavy (non-hydrogen) atoms. The van der Waals surface area contributed by atoms with Gasteiger partial charge in [0.2, 0.25) is 5.78 Å². The molecule has 2 N–H and O–H groups in total. The molecule has 2 aromatic rings. The van der Waals surface area contributed by atoms with E-state index in [4.69, 9.17) is 4.74 Å². The number of aromatic nitrogens is 2. The molecule has 0 saturated heterocycles. The summed E-state index contributed by atoms with van der Waals surface area (Å²) in [6, 6.07) is 8.35. The second-order valence-corrected chi connectivity index (χ2v) is 7.84. The standard InChI is InChI=1S/C22H26N4O5/c1-14(2)19(25-22(30)31-12-15-6-4-3-5-7-15)17(27)10-16-11-18-23-8-9-26(18)13-24-21(29)20(16)28/h3-9,14,16,19H,10-13H2,1-2H3,(H,24,29)(H,25,30). The van der Waals surface area contributed by atoms with Crippen LogP contribution in [0.5, 0.6) is 0 Å². The summed E-state index contributed by atoms with van der Waals surface area (Å²) in [6.07, 6.45) is 2.56. The van der Waals surface area contributed by atoms with Crippen LogP contribution in [0.25, 0.3) is 0 Å². The van der Waals surface area contributed by atoms with Crippen LogP contribution in [0, 0.1) is 11.8 Å². The van der Waals surface area contributed by atoms with Crippen molar-refractivity contribution >= 4 is 23.6 Å². The number of ether oxygens (including phenoxy) is 1. The molecule has 1 aliphatic rings. The molecular formula is C22H26N4O5. The Morgan fingerprint density at radius 1 is 1.26 bits per heavy atom. The Kier molecular flexibility index (Phi) is 7.17. The van der Waals surface area contributed by atoms with Crippen LogP contribution in [-0.2, 0) is 38.8 Å². The first kappa shape index (κ1) is 22.2. The van der Waals surface area contributed by atoms with Gasteiger partial charge in [0, 0.05) is 31.2 Å². The molecule has 9 nitrogen and oxygen atoms in total. The summed E-state index contributed by atoms with van der Waals surface area (Å²) in [5.41, 5.74) is 0.826. The smallest absolute Gasteiger partial charge is 0.408 e. The van der Waals surface area contributed by atoms with Crippen LogP contribution in [0.4, 0.5) is 4.79 Å². The molecule has 1 aromatic heterocycles. The Bertz CT molecular complexity index is 954. The minimum atomic E-state index is -0.850. The number of Topliss-reactive ketones (excluding diaryl/α,β-unsaturated/α-hetero) is 2. The van der Waals surface area contributed by atoms with Gasteiger partial charge in [-0.15, -0.1) is 0 Å². The number of nitrogens with one attached hydrogen (secondary N) is 2. The monoisotopic (exact) mass is 426 g/mol. The van der Waals surface area contributed by atoms with E-state index in [0.717, 1.165) is 5.56 Å². The summed E-state index contributed by atoms with van der Waals surface area (Å²) in [4.78, 5) is 54.1. The van der Waals surface area contributed by atoms with Gasteiger partial charge in [0.15, 0.2) is 5.78 Å². The second kappa shape index (κ2) is 10.0. The summed E-state index contributed by atoms with van der Waals surface area (Å²) >= 11 is 0. The molecule has 164 valence electrons. The first-order chi connectivity index (χ1) is 14.8. The highest BCUT2D eigenvalue weighted by atomic mass is 16.5. The quantitative estimate of drug-likeness (QED) is 0.649. The van der Waals surface area contributed by atoms with Gasteiger partial charge < -0.3 is 19.9 Å². The fraction of sp³-hybridized carbons (Fsp3) is 0.409. The van der Waals surface area contributed by atoms with Crippen LogP contribution >= 0.6 is 0 Å². The number of carbonyl (C=O) groups is 4. The number of fused-ring (bicyclic) bond motifs is 1. The van der Waals surface area contributed by atoms with Crippen molar-refractivity contribution in [2.75, 3.05) is 0 Å². The van der Waals surface area contributed by atoms with Crippen molar-refractivity contribution in [2.45, 2.75) is 46.0 Å². The molecule has 2 heterocycles. The minimum absolute atomic E-state index is 0.0790. The molecule has 0 spiro atoms. The van der Waals surface area contributed by atoms with Crippen molar-refractivity contribution in [3.8, 4) is 0 Å². The van der Waals surface area contributed by atoms with Crippen molar-refractivity contribution in [1.29, 1.82) is 0 Å². The molecule has 2 atom stereocenters. The molecule has 1 aliphatic heterocycles. The zero-order valence-corrected chi connectivity index (χ0v) is 17.5. The second-order valence-electron chi connectivity index (χ2n) is 7.84. The summed E-state index contributed by atoms with van der Waals surface area (Å²) in [5, 5.41) is 5.13. The molecule has 2 amide bonds. The van der Waals surface area contributed by atoms with Crippen molar-refractivity contribution < 1.29 is 23.9 Å². The van der Waals surface area contributed by atoms with Gasteiger partial charge in [0.05, 0.1) is 12.7 Å². The summed E-state index contributed by atoms with van der Waals surface area (Å²) in [6.45, 7) is 3.82. The lowest BCUT2D eigenvalue weighted by molar-refractivity contribution is -0.142. The Morgan fingerprint density at radius 2 is 2.00 bits per heavy atom. The normalized spacial score (nSPS) is 17.2. The first-order valence-corrected chi connectivity index (χ1v) is 10.2. The molecule has 3 rings (SSSR count). The van der Waals surface area contributed by atoms with Crippen molar-refractivity contribution in [3.63, 3.8) is 0 Å². The number of carbonyl (C=O) groups excluding carboxylic acids is 4. The molecule has 0 saturated carbocycles. The highest BCUT2D eigenvalue weighted by molar-refractivity contribution is 6.37. The highest BCUT2D eigenvalue weighted by Gasteiger charge is 2.34. The zero-order chi connectivity index (χ0) is 22.4. The average Bonchev–Trinajstić information content (AvgIpc) is 3.19. The molecule has 9 heteroatoms. The van der Waals surface area contributed by atoms with Gasteiger partial charge in [0.1, 0.15) is 12.4 Å². The van der Waals surface area contributed by atoms with Crippen LogP contribution < -0.4 is 10.6 Å². The maximum Gasteiger partial charge on any atom is 0.408 e. The maximum absolute atomic E-state index is 13.0. The fourth-order valence-electron chi connectivity index (χ4n) is 3.46. The predicted molar refractivity (Wildman–Crippen MR) is 111 cm³/mol. The Labute approximate surface area is 180 Å². The number of benzene rings is 1. The van der Waals surface area contributed by atoms with E-state index in [9.17, 15) is 19.2 Å². The first-order valence-electron chi connectivity index (χ1n) is 10.2. The number of amides is 2. The lowest BCUT2D eigenvalue weighted by Crippen LogP contribution is -2.47. The van der Waals surface area contributed by atoms with Crippen molar-refractivity contribution in [3.05, 3.63) is 54.1 Å². The average molecular weight is 426 g/mol. The van der Waals surface area contributed by atoms with Gasteiger partial charge in [0.25, 0.3) is 5.91 Å². The molecule has 0 aliphatic carbocycles. The van der Waals surface area contributed by atoms with Crippen LogP contribution in [0.15, 0.2) is 42.7 Å². The number of hydrogen-bond acceptors (Lipinski definition) is 6. The number of ketones is 2. The molecule has 0 bridgehead atoms. The Balaban J connectivity index is 1.64. The largest absolute Gasteiger partial charge is 0.445 e. The number of hydrogen-bond donors (Lipinski definition) is 2. The van der Waals surface area contributed by atoms with E-state index in [2.05, 4.69) is 15.6 Å². The van der Waals surface area contributed by atoms with Gasteiger partial charge in [-0.05, 0) is 11.5 Å². The number of imidazole rings is 1. The van der Waals surface area contributed by atoms with Crippen molar-refractivity contribution in [2.24, 2.45) is 11.8 Å². The third-order valence-corrected chi connectivity index (χ3v) is 5.18. The Hall–Kier alpha value is -3.49. The van der Waals surface area contributed by atoms with Crippen LogP contribution in [0.1, 0.15) is 31.7 Å². The summed E-state index contributed by atoms with van der Waals surface area (Å²) in [5.74, 6) is -2.18. The van der Waals surface area contributed by atoms with Gasteiger partial charge >= 0.3 is 6.09 Å². The van der Waals surface area contributed by atoms with E-state index >= 15 is 0 Å². The van der Waals surface area contributed by atoms with E-state index < -0.39 is 29.7 Å². The van der Waals surface area contributed by atoms with Gasteiger partial charge in [-0.2, -0.15) is 0 Å². The van der Waals surface area contributed by atoms with Gasteiger partial charge in [-0.3, -0.25) is 14.4 Å². The van der Waals surface area contributed by atoms with Crippen LogP contribution in [0.2, 0.25) is 0 Å². The predicted octanol–water partition coefficient (Wildman–Crippen LogP) is 1.61. The number of nitrogens with zero attached hydrogens (tertiary/aromatic N) is 2. The number of rotatable bonds is 7. The van der Waals surface area contributed by atoms with E-state index in [-0.39, 0.29) is 37.8 Å². The highest BCUT2D eigenvalue weighted by Crippen LogP contribution is 2.18. The van der Waals surface area contributed by atoms with Gasteiger partial charge in [-0.25, -0.2) is 9.78 Å². The van der Waals surface area contributed by atoms with Crippen LogP contribution in [0.3, 0.4) is 0 Å². The summed E-state index contributed by atoms with van der Waals surface area (Å²) < 4.78 is 6.94. The minimum Gasteiger partial charge on any atom is -0.445 e. The molecule has 1 aromatic carbocycles. The zero-order valence-electron chi connectivity index (χ0n) is 17.5. The van der Waals surface area contributed by atoms with E-state index in [1.54, 1.807) is 30.8 Å². The maximum atomic E-state index is 13.0. The van der Waals surface area contributed by atoms with E-state index in [1.807, 2.05) is 30.3 Å². The van der Waals surface area contributed by atoms with Crippen LogP contribution in [-0.4, -0.2) is 39.2 Å². The number of alkyl carbamates (subject to hydrolysis) is 1. The Morgan fingerprint density at radius 3 is 2.71 bits per heavy atom. The molecule has 2 unspecified atom stereocenters. The topological polar surface area (TPSA) is 119 Å². The molecule has 0 radical (unpaired) electrons. The van der Waals surface area contributed by atoms with E-state index in [0.29, 0.717) is 5.82 Å².